The van der Waals surface area contributed by atoms with Crippen LogP contribution in [-0.4, -0.2) is 14.8 Å². The van der Waals surface area contributed by atoms with Crippen molar-refractivity contribution in [3.8, 4) is 0 Å². The molecule has 0 spiro atoms. The zero-order valence-electron chi connectivity index (χ0n) is 8.26. The molecule has 0 aliphatic rings. The zero-order valence-corrected chi connectivity index (χ0v) is 9.85. The minimum atomic E-state index is -0.231. The van der Waals surface area contributed by atoms with Gasteiger partial charge in [-0.3, -0.25) is 4.68 Å². The topological polar surface area (TPSA) is 56.7 Å². The molecule has 1 aromatic carbocycles. The van der Waals surface area contributed by atoms with E-state index in [1.54, 1.807) is 4.68 Å². The highest BCUT2D eigenvalue weighted by Gasteiger charge is 2.13. The Morgan fingerprint density at radius 2 is 2.00 bits per heavy atom. The van der Waals surface area contributed by atoms with E-state index >= 15 is 0 Å². The monoisotopic (exact) mass is 266 g/mol. The Balaban J connectivity index is 2.32. The molecular weight excluding hydrogens is 256 g/mol. The third-order valence-electron chi connectivity index (χ3n) is 2.25. The Kier molecular flexibility index (Phi) is 2.83. The van der Waals surface area contributed by atoms with Crippen molar-refractivity contribution in [2.75, 3.05) is 0 Å². The van der Waals surface area contributed by atoms with Gasteiger partial charge < -0.3 is 5.73 Å². The fraction of sp³-hybridized carbons (Fsp3) is 0.200. The second-order valence-electron chi connectivity index (χ2n) is 3.27. The lowest BCUT2D eigenvalue weighted by molar-refractivity contribution is 0.659. The van der Waals surface area contributed by atoms with Gasteiger partial charge in [0.2, 0.25) is 0 Å². The molecule has 2 rings (SSSR count). The lowest BCUT2D eigenvalue weighted by Crippen LogP contribution is -2.17. The van der Waals surface area contributed by atoms with Crippen LogP contribution in [0.3, 0.4) is 0 Å². The van der Waals surface area contributed by atoms with Gasteiger partial charge in [-0.2, -0.15) is 5.10 Å². The minimum Gasteiger partial charge on any atom is -0.318 e. The van der Waals surface area contributed by atoms with E-state index in [-0.39, 0.29) is 6.04 Å². The molecule has 5 heteroatoms. The van der Waals surface area contributed by atoms with Gasteiger partial charge in [0.05, 0.1) is 6.04 Å². The van der Waals surface area contributed by atoms with Crippen LogP contribution in [0.2, 0.25) is 0 Å². The fourth-order valence-corrected chi connectivity index (χ4v) is 1.67. The van der Waals surface area contributed by atoms with Crippen LogP contribution in [0, 0.1) is 0 Å². The molecule has 0 amide bonds. The number of aryl methyl sites for hydroxylation is 1. The highest BCUT2D eigenvalue weighted by molar-refractivity contribution is 9.10. The molecule has 0 saturated carbocycles. The van der Waals surface area contributed by atoms with Crippen LogP contribution in [0.4, 0.5) is 0 Å². The Morgan fingerprint density at radius 1 is 1.33 bits per heavy atom. The van der Waals surface area contributed by atoms with Gasteiger partial charge >= 0.3 is 0 Å². The molecule has 0 radical (unpaired) electrons. The number of aromatic nitrogens is 3. The molecule has 1 unspecified atom stereocenters. The number of benzene rings is 1. The summed E-state index contributed by atoms with van der Waals surface area (Å²) in [6.07, 6.45) is 1.51. The smallest absolute Gasteiger partial charge is 0.148 e. The van der Waals surface area contributed by atoms with Crippen LogP contribution in [0.1, 0.15) is 17.4 Å². The molecule has 1 atom stereocenters. The number of hydrogen-bond donors (Lipinski definition) is 1. The lowest BCUT2D eigenvalue weighted by Gasteiger charge is -2.10. The highest BCUT2D eigenvalue weighted by Crippen LogP contribution is 2.19. The molecule has 0 aliphatic heterocycles. The Labute approximate surface area is 96.3 Å². The third kappa shape index (κ3) is 2.08. The highest BCUT2D eigenvalue weighted by atomic mass is 79.9. The SMILES string of the molecule is Cn1ncnc1C(N)c1ccc(Br)cc1. The van der Waals surface area contributed by atoms with Gasteiger partial charge in [0.25, 0.3) is 0 Å². The second-order valence-corrected chi connectivity index (χ2v) is 4.19. The third-order valence-corrected chi connectivity index (χ3v) is 2.78. The van der Waals surface area contributed by atoms with Crippen LogP contribution in [0.25, 0.3) is 0 Å². The van der Waals surface area contributed by atoms with Crippen molar-refractivity contribution in [3.63, 3.8) is 0 Å². The van der Waals surface area contributed by atoms with Gasteiger partial charge in [-0.25, -0.2) is 4.98 Å². The summed E-state index contributed by atoms with van der Waals surface area (Å²) < 4.78 is 2.73. The van der Waals surface area contributed by atoms with E-state index in [4.69, 9.17) is 5.73 Å². The first kappa shape index (κ1) is 10.3. The summed E-state index contributed by atoms with van der Waals surface area (Å²) in [4.78, 5) is 4.13. The van der Waals surface area contributed by atoms with Crippen molar-refractivity contribution in [1.82, 2.24) is 14.8 Å². The quantitative estimate of drug-likeness (QED) is 0.899. The summed E-state index contributed by atoms with van der Waals surface area (Å²) in [5.41, 5.74) is 7.10. The molecule has 0 fully saturated rings. The van der Waals surface area contributed by atoms with Crippen LogP contribution in [0.15, 0.2) is 35.1 Å². The fourth-order valence-electron chi connectivity index (χ4n) is 1.41. The van der Waals surface area contributed by atoms with Gasteiger partial charge in [0.15, 0.2) is 0 Å². The van der Waals surface area contributed by atoms with Crippen molar-refractivity contribution in [3.05, 3.63) is 46.5 Å². The number of nitrogens with two attached hydrogens (primary N) is 1. The summed E-state index contributed by atoms with van der Waals surface area (Å²) in [5.74, 6) is 0.761. The van der Waals surface area contributed by atoms with Crippen molar-refractivity contribution in [2.24, 2.45) is 12.8 Å². The van der Waals surface area contributed by atoms with Gasteiger partial charge in [-0.15, -0.1) is 0 Å². The maximum absolute atomic E-state index is 6.07. The van der Waals surface area contributed by atoms with E-state index in [9.17, 15) is 0 Å². The van der Waals surface area contributed by atoms with Crippen molar-refractivity contribution < 1.29 is 0 Å². The number of hydrogen-bond acceptors (Lipinski definition) is 3. The van der Waals surface area contributed by atoms with E-state index in [1.165, 1.54) is 6.33 Å². The maximum atomic E-state index is 6.07. The normalized spacial score (nSPS) is 12.7. The average Bonchev–Trinajstić information content (AvgIpc) is 2.65. The number of rotatable bonds is 2. The van der Waals surface area contributed by atoms with Gasteiger partial charge in [0, 0.05) is 11.5 Å². The number of halogens is 1. The first-order valence-electron chi connectivity index (χ1n) is 4.53. The van der Waals surface area contributed by atoms with Crippen LogP contribution >= 0.6 is 15.9 Å². The lowest BCUT2D eigenvalue weighted by atomic mass is 10.1. The summed E-state index contributed by atoms with van der Waals surface area (Å²) >= 11 is 3.38. The number of nitrogens with zero attached hydrogens (tertiary/aromatic N) is 3. The van der Waals surface area contributed by atoms with Crippen molar-refractivity contribution >= 4 is 15.9 Å². The molecule has 0 bridgehead atoms. The van der Waals surface area contributed by atoms with E-state index in [1.807, 2.05) is 31.3 Å². The minimum absolute atomic E-state index is 0.231. The van der Waals surface area contributed by atoms with Crippen LogP contribution in [-0.2, 0) is 7.05 Å². The average molecular weight is 267 g/mol. The molecule has 0 aliphatic carbocycles. The predicted molar refractivity (Wildman–Crippen MR) is 61.2 cm³/mol. The van der Waals surface area contributed by atoms with Gasteiger partial charge in [-0.1, -0.05) is 28.1 Å². The Hall–Kier alpha value is -1.20. The largest absolute Gasteiger partial charge is 0.318 e. The second kappa shape index (κ2) is 4.12. The molecule has 2 N–H and O–H groups in total. The molecule has 15 heavy (non-hydrogen) atoms. The van der Waals surface area contributed by atoms with Crippen LogP contribution in [0.5, 0.6) is 0 Å². The van der Waals surface area contributed by atoms with Gasteiger partial charge in [-0.05, 0) is 17.7 Å². The zero-order chi connectivity index (χ0) is 10.8. The summed E-state index contributed by atoms with van der Waals surface area (Å²) in [6.45, 7) is 0. The summed E-state index contributed by atoms with van der Waals surface area (Å²) in [5, 5.41) is 4.00. The molecule has 1 aromatic heterocycles. The van der Waals surface area contributed by atoms with Crippen molar-refractivity contribution in [1.29, 1.82) is 0 Å². The summed E-state index contributed by atoms with van der Waals surface area (Å²) in [7, 11) is 1.83. The molecule has 2 aromatic rings. The Morgan fingerprint density at radius 3 is 2.53 bits per heavy atom. The molecule has 1 heterocycles. The predicted octanol–water partition coefficient (Wildman–Crippen LogP) is 1.63. The molecule has 78 valence electrons. The maximum Gasteiger partial charge on any atom is 0.148 e. The standard InChI is InChI=1S/C10H11BrN4/c1-15-10(13-6-14-15)9(12)7-2-4-8(11)5-3-7/h2-6,9H,12H2,1H3. The van der Waals surface area contributed by atoms with Crippen molar-refractivity contribution in [2.45, 2.75) is 6.04 Å². The van der Waals surface area contributed by atoms with E-state index < -0.39 is 0 Å². The van der Waals surface area contributed by atoms with E-state index in [0.717, 1.165) is 15.9 Å². The van der Waals surface area contributed by atoms with Gasteiger partial charge in [0.1, 0.15) is 12.2 Å². The first-order chi connectivity index (χ1) is 7.18. The first-order valence-corrected chi connectivity index (χ1v) is 5.32. The van der Waals surface area contributed by atoms with E-state index in [0.29, 0.717) is 0 Å². The Bertz CT molecular complexity index is 449. The molecular formula is C10H11BrN4. The molecule has 0 saturated heterocycles. The van der Waals surface area contributed by atoms with E-state index in [2.05, 4.69) is 26.0 Å². The van der Waals surface area contributed by atoms with Crippen LogP contribution < -0.4 is 5.73 Å². The summed E-state index contributed by atoms with van der Waals surface area (Å²) in [6, 6.07) is 7.65. The molecule has 4 nitrogen and oxygen atoms in total.